The summed E-state index contributed by atoms with van der Waals surface area (Å²) >= 11 is 6.01. The van der Waals surface area contributed by atoms with Gasteiger partial charge in [0.1, 0.15) is 0 Å². The zero-order chi connectivity index (χ0) is 12.0. The summed E-state index contributed by atoms with van der Waals surface area (Å²) in [6.07, 6.45) is 1.99. The van der Waals surface area contributed by atoms with Gasteiger partial charge in [-0.25, -0.2) is 8.78 Å². The predicted molar refractivity (Wildman–Crippen MR) is 62.6 cm³/mol. The number of hydrogen-bond acceptors (Lipinski definition) is 1. The molecule has 0 saturated heterocycles. The molecular formula is C12H16ClF2N. The Labute approximate surface area is 99.8 Å². The number of nitrogens with one attached hydrogen (secondary N) is 1. The normalized spacial score (nSPS) is 12.8. The molecule has 0 aliphatic heterocycles. The van der Waals surface area contributed by atoms with E-state index in [0.717, 1.165) is 24.5 Å². The van der Waals surface area contributed by atoms with Gasteiger partial charge < -0.3 is 5.32 Å². The highest BCUT2D eigenvalue weighted by molar-refractivity contribution is 6.20. The molecule has 1 rings (SSSR count). The maximum absolute atomic E-state index is 12.9. The summed E-state index contributed by atoms with van der Waals surface area (Å²) in [6, 6.07) is 3.90. The first kappa shape index (κ1) is 13.4. The van der Waals surface area contributed by atoms with Crippen molar-refractivity contribution in [2.24, 2.45) is 0 Å². The van der Waals surface area contributed by atoms with Gasteiger partial charge in [0.05, 0.1) is 0 Å². The Morgan fingerprint density at radius 2 is 2.06 bits per heavy atom. The Bertz CT molecular complexity index is 331. The van der Waals surface area contributed by atoms with Crippen LogP contribution in [-0.2, 0) is 6.54 Å². The van der Waals surface area contributed by atoms with E-state index >= 15 is 0 Å². The van der Waals surface area contributed by atoms with Gasteiger partial charge in [-0.2, -0.15) is 0 Å². The first-order valence-electron chi connectivity index (χ1n) is 5.42. The summed E-state index contributed by atoms with van der Waals surface area (Å²) in [5.74, 6) is -1.62. The van der Waals surface area contributed by atoms with Crippen molar-refractivity contribution in [3.8, 4) is 0 Å². The second kappa shape index (κ2) is 6.81. The van der Waals surface area contributed by atoms with Crippen molar-refractivity contribution < 1.29 is 8.78 Å². The van der Waals surface area contributed by atoms with Crippen molar-refractivity contribution in [3.63, 3.8) is 0 Å². The molecule has 0 spiro atoms. The van der Waals surface area contributed by atoms with Gasteiger partial charge in [-0.3, -0.25) is 0 Å². The minimum atomic E-state index is -0.815. The van der Waals surface area contributed by atoms with Crippen LogP contribution in [0.1, 0.15) is 25.3 Å². The summed E-state index contributed by atoms with van der Waals surface area (Å²) in [4.78, 5) is 0. The summed E-state index contributed by atoms with van der Waals surface area (Å²) in [5.41, 5.74) is 0.722. The van der Waals surface area contributed by atoms with E-state index in [1.165, 1.54) is 6.07 Å². The van der Waals surface area contributed by atoms with Crippen LogP contribution in [0.4, 0.5) is 8.78 Å². The third-order valence-corrected chi connectivity index (χ3v) is 2.65. The lowest BCUT2D eigenvalue weighted by molar-refractivity contribution is 0.505. The maximum atomic E-state index is 12.9. The maximum Gasteiger partial charge on any atom is 0.159 e. The minimum absolute atomic E-state index is 0.0929. The highest BCUT2D eigenvalue weighted by Gasteiger charge is 2.04. The molecule has 0 amide bonds. The molecule has 0 fully saturated rings. The molecular weight excluding hydrogens is 232 g/mol. The van der Waals surface area contributed by atoms with Crippen LogP contribution in [0.2, 0.25) is 0 Å². The quantitative estimate of drug-likeness (QED) is 0.759. The van der Waals surface area contributed by atoms with E-state index in [0.29, 0.717) is 13.1 Å². The fraction of sp³-hybridized carbons (Fsp3) is 0.500. The molecule has 1 atom stereocenters. The molecule has 1 N–H and O–H groups in total. The van der Waals surface area contributed by atoms with Crippen molar-refractivity contribution >= 4 is 11.6 Å². The Morgan fingerprint density at radius 3 is 2.69 bits per heavy atom. The number of halogens is 3. The van der Waals surface area contributed by atoms with Crippen molar-refractivity contribution in [3.05, 3.63) is 35.4 Å². The molecule has 0 radical (unpaired) electrons. The SMILES string of the molecule is CCCC(Cl)CNCc1ccc(F)c(F)c1. The van der Waals surface area contributed by atoms with Crippen LogP contribution in [0.25, 0.3) is 0 Å². The van der Waals surface area contributed by atoms with Crippen LogP contribution in [0.15, 0.2) is 18.2 Å². The van der Waals surface area contributed by atoms with Crippen LogP contribution >= 0.6 is 11.6 Å². The molecule has 16 heavy (non-hydrogen) atoms. The van der Waals surface area contributed by atoms with Crippen LogP contribution in [0.3, 0.4) is 0 Å². The molecule has 0 aromatic heterocycles. The molecule has 0 bridgehead atoms. The molecule has 4 heteroatoms. The summed E-state index contributed by atoms with van der Waals surface area (Å²) in [6.45, 7) is 3.25. The first-order valence-corrected chi connectivity index (χ1v) is 5.85. The van der Waals surface area contributed by atoms with E-state index in [1.807, 2.05) is 0 Å². The van der Waals surface area contributed by atoms with Gasteiger partial charge in [0, 0.05) is 18.5 Å². The molecule has 0 heterocycles. The van der Waals surface area contributed by atoms with Gasteiger partial charge in [-0.05, 0) is 24.1 Å². The number of hydrogen-bond donors (Lipinski definition) is 1. The zero-order valence-corrected chi connectivity index (χ0v) is 10.0. The lowest BCUT2D eigenvalue weighted by atomic mass is 10.2. The summed E-state index contributed by atoms with van der Waals surface area (Å²) in [7, 11) is 0. The highest BCUT2D eigenvalue weighted by atomic mass is 35.5. The molecule has 1 aromatic rings. The largest absolute Gasteiger partial charge is 0.311 e. The molecule has 1 unspecified atom stereocenters. The van der Waals surface area contributed by atoms with Crippen molar-refractivity contribution in [2.45, 2.75) is 31.7 Å². The second-order valence-electron chi connectivity index (χ2n) is 3.77. The van der Waals surface area contributed by atoms with E-state index < -0.39 is 11.6 Å². The van der Waals surface area contributed by atoms with E-state index in [9.17, 15) is 8.78 Å². The third kappa shape index (κ3) is 4.45. The molecule has 0 aliphatic carbocycles. The van der Waals surface area contributed by atoms with Crippen LogP contribution in [0, 0.1) is 11.6 Å². The standard InChI is InChI=1S/C12H16ClF2N/c1-2-3-10(13)8-16-7-9-4-5-11(14)12(15)6-9/h4-6,10,16H,2-3,7-8H2,1H3. The van der Waals surface area contributed by atoms with E-state index in [2.05, 4.69) is 12.2 Å². The van der Waals surface area contributed by atoms with Crippen molar-refractivity contribution in [2.75, 3.05) is 6.54 Å². The lowest BCUT2D eigenvalue weighted by Gasteiger charge is -2.09. The van der Waals surface area contributed by atoms with Gasteiger partial charge in [-0.1, -0.05) is 19.4 Å². The Morgan fingerprint density at radius 1 is 1.31 bits per heavy atom. The second-order valence-corrected chi connectivity index (χ2v) is 4.38. The molecule has 1 aromatic carbocycles. The third-order valence-electron chi connectivity index (χ3n) is 2.28. The fourth-order valence-corrected chi connectivity index (χ4v) is 1.77. The van der Waals surface area contributed by atoms with Gasteiger partial charge in [0.25, 0.3) is 0 Å². The average Bonchev–Trinajstić information content (AvgIpc) is 2.24. The Hall–Kier alpha value is -0.670. The number of alkyl halides is 1. The number of benzene rings is 1. The minimum Gasteiger partial charge on any atom is -0.311 e. The highest BCUT2D eigenvalue weighted by Crippen LogP contribution is 2.09. The van der Waals surface area contributed by atoms with Crippen LogP contribution in [0.5, 0.6) is 0 Å². The van der Waals surface area contributed by atoms with E-state index in [1.54, 1.807) is 6.07 Å². The molecule has 90 valence electrons. The Kier molecular flexibility index (Phi) is 5.71. The zero-order valence-electron chi connectivity index (χ0n) is 9.27. The van der Waals surface area contributed by atoms with Gasteiger partial charge in [-0.15, -0.1) is 11.6 Å². The first-order chi connectivity index (χ1) is 7.63. The van der Waals surface area contributed by atoms with Crippen molar-refractivity contribution in [1.29, 1.82) is 0 Å². The van der Waals surface area contributed by atoms with Crippen molar-refractivity contribution in [1.82, 2.24) is 5.32 Å². The van der Waals surface area contributed by atoms with Gasteiger partial charge >= 0.3 is 0 Å². The molecule has 1 nitrogen and oxygen atoms in total. The van der Waals surface area contributed by atoms with Gasteiger partial charge in [0.15, 0.2) is 11.6 Å². The van der Waals surface area contributed by atoms with Crippen LogP contribution in [-0.4, -0.2) is 11.9 Å². The topological polar surface area (TPSA) is 12.0 Å². The van der Waals surface area contributed by atoms with E-state index in [-0.39, 0.29) is 5.38 Å². The van der Waals surface area contributed by atoms with Crippen LogP contribution < -0.4 is 5.32 Å². The summed E-state index contributed by atoms with van der Waals surface area (Å²) < 4.78 is 25.5. The summed E-state index contributed by atoms with van der Waals surface area (Å²) in [5, 5.41) is 3.20. The fourth-order valence-electron chi connectivity index (χ4n) is 1.44. The molecule has 0 saturated carbocycles. The smallest absolute Gasteiger partial charge is 0.159 e. The Balaban J connectivity index is 2.34. The average molecular weight is 248 g/mol. The monoisotopic (exact) mass is 247 g/mol. The molecule has 0 aliphatic rings. The predicted octanol–water partition coefficient (Wildman–Crippen LogP) is 3.46. The van der Waals surface area contributed by atoms with E-state index in [4.69, 9.17) is 11.6 Å². The lowest BCUT2D eigenvalue weighted by Crippen LogP contribution is -2.22. The van der Waals surface area contributed by atoms with Gasteiger partial charge in [0.2, 0.25) is 0 Å². The number of rotatable bonds is 6.